The summed E-state index contributed by atoms with van der Waals surface area (Å²) in [5.41, 5.74) is 2.49. The van der Waals surface area contributed by atoms with Crippen molar-refractivity contribution in [1.82, 2.24) is 9.62 Å². The van der Waals surface area contributed by atoms with Crippen LogP contribution in [-0.2, 0) is 14.8 Å². The van der Waals surface area contributed by atoms with Gasteiger partial charge in [0.25, 0.3) is 0 Å². The first-order valence-corrected chi connectivity index (χ1v) is 13.2. The summed E-state index contributed by atoms with van der Waals surface area (Å²) in [5.74, 6) is 0.0813. The van der Waals surface area contributed by atoms with Gasteiger partial charge in [-0.15, -0.1) is 0 Å². The molecular formula is C27H31N3O4S. The highest BCUT2D eigenvalue weighted by molar-refractivity contribution is 7.89. The summed E-state index contributed by atoms with van der Waals surface area (Å²) in [6.45, 7) is 1.00. The van der Waals surface area contributed by atoms with Gasteiger partial charge in [-0.1, -0.05) is 67.1 Å². The second-order valence-electron chi connectivity index (χ2n) is 8.51. The molecule has 0 atom stereocenters. The third-order valence-electron chi connectivity index (χ3n) is 6.12. The van der Waals surface area contributed by atoms with Crippen LogP contribution in [-0.4, -0.2) is 45.4 Å². The molecule has 0 aliphatic carbocycles. The Bertz CT molecular complexity index is 1190. The van der Waals surface area contributed by atoms with Crippen molar-refractivity contribution in [3.05, 3.63) is 90.0 Å². The first-order chi connectivity index (χ1) is 17.0. The van der Waals surface area contributed by atoms with Gasteiger partial charge in [-0.25, -0.2) is 8.42 Å². The van der Waals surface area contributed by atoms with Gasteiger partial charge in [0.1, 0.15) is 10.6 Å². The van der Waals surface area contributed by atoms with Gasteiger partial charge in [-0.3, -0.25) is 4.79 Å². The van der Waals surface area contributed by atoms with Crippen molar-refractivity contribution in [3.63, 3.8) is 0 Å². The van der Waals surface area contributed by atoms with Gasteiger partial charge < -0.3 is 15.4 Å². The summed E-state index contributed by atoms with van der Waals surface area (Å²) in [7, 11) is -2.23. The van der Waals surface area contributed by atoms with Gasteiger partial charge in [-0.05, 0) is 42.2 Å². The SMILES string of the molecule is COc1ccc(NCC(=O)NC(c2ccccc2)c2ccccc2)cc1S(=O)(=O)N1CCCCC1. The molecule has 2 N–H and O–H groups in total. The van der Waals surface area contributed by atoms with E-state index in [9.17, 15) is 13.2 Å². The molecule has 0 aromatic heterocycles. The molecular weight excluding hydrogens is 462 g/mol. The lowest BCUT2D eigenvalue weighted by atomic mass is 9.99. The zero-order chi connectivity index (χ0) is 24.7. The standard InChI is InChI=1S/C27H31N3O4S/c1-34-24-16-15-23(19-25(24)35(32,33)30-17-9-4-10-18-30)28-20-26(31)29-27(21-11-5-2-6-12-21)22-13-7-3-8-14-22/h2-3,5-8,11-16,19,27-28H,4,9-10,17-18,20H2,1H3,(H,29,31). The van der Waals surface area contributed by atoms with E-state index in [2.05, 4.69) is 10.6 Å². The van der Waals surface area contributed by atoms with E-state index in [1.165, 1.54) is 11.4 Å². The molecule has 1 heterocycles. The molecule has 7 nitrogen and oxygen atoms in total. The van der Waals surface area contributed by atoms with Crippen LogP contribution >= 0.6 is 0 Å². The summed E-state index contributed by atoms with van der Waals surface area (Å²) < 4.78 is 33.4. The molecule has 0 radical (unpaired) electrons. The van der Waals surface area contributed by atoms with Crippen molar-refractivity contribution in [2.75, 3.05) is 32.1 Å². The highest BCUT2D eigenvalue weighted by Crippen LogP contribution is 2.31. The van der Waals surface area contributed by atoms with Crippen LogP contribution in [0.4, 0.5) is 5.69 Å². The van der Waals surface area contributed by atoms with Gasteiger partial charge in [0.05, 0.1) is 19.7 Å². The molecule has 1 amide bonds. The van der Waals surface area contributed by atoms with Gasteiger partial charge in [0.2, 0.25) is 15.9 Å². The number of carbonyl (C=O) groups is 1. The van der Waals surface area contributed by atoms with Crippen molar-refractivity contribution in [2.45, 2.75) is 30.2 Å². The van der Waals surface area contributed by atoms with Crippen LogP contribution in [0.15, 0.2) is 83.8 Å². The molecule has 8 heteroatoms. The van der Waals surface area contributed by atoms with E-state index >= 15 is 0 Å². The van der Waals surface area contributed by atoms with Crippen LogP contribution in [0.1, 0.15) is 36.4 Å². The van der Waals surface area contributed by atoms with Gasteiger partial charge >= 0.3 is 0 Å². The molecule has 3 aromatic rings. The van der Waals surface area contributed by atoms with Gasteiger partial charge in [0, 0.05) is 18.8 Å². The van der Waals surface area contributed by atoms with Gasteiger partial charge in [-0.2, -0.15) is 4.31 Å². The third kappa shape index (κ3) is 6.01. The first kappa shape index (κ1) is 24.8. The van der Waals surface area contributed by atoms with Crippen LogP contribution in [0.25, 0.3) is 0 Å². The number of hydrogen-bond donors (Lipinski definition) is 2. The van der Waals surface area contributed by atoms with Crippen LogP contribution in [0, 0.1) is 0 Å². The summed E-state index contributed by atoms with van der Waals surface area (Å²) in [4.78, 5) is 13.0. The smallest absolute Gasteiger partial charge is 0.246 e. The van der Waals surface area contributed by atoms with Crippen LogP contribution in [0.2, 0.25) is 0 Å². The lowest BCUT2D eigenvalue weighted by molar-refractivity contribution is -0.119. The number of nitrogens with one attached hydrogen (secondary N) is 2. The average Bonchev–Trinajstić information content (AvgIpc) is 2.92. The van der Waals surface area contributed by atoms with E-state index in [4.69, 9.17) is 4.74 Å². The normalized spacial score (nSPS) is 14.5. The molecule has 1 aliphatic rings. The molecule has 1 fully saturated rings. The highest BCUT2D eigenvalue weighted by Gasteiger charge is 2.29. The molecule has 4 rings (SSSR count). The fourth-order valence-corrected chi connectivity index (χ4v) is 5.98. The van der Waals surface area contributed by atoms with E-state index < -0.39 is 10.0 Å². The predicted octanol–water partition coefficient (Wildman–Crippen LogP) is 4.19. The number of rotatable bonds is 9. The Hall–Kier alpha value is -3.36. The van der Waals surface area contributed by atoms with Crippen molar-refractivity contribution >= 4 is 21.6 Å². The van der Waals surface area contributed by atoms with Crippen LogP contribution in [0.5, 0.6) is 5.75 Å². The largest absolute Gasteiger partial charge is 0.495 e. The second kappa shape index (κ2) is 11.4. The van der Waals surface area contributed by atoms with E-state index in [0.717, 1.165) is 30.4 Å². The number of benzene rings is 3. The maximum absolute atomic E-state index is 13.3. The van der Waals surface area contributed by atoms with Crippen LogP contribution in [0.3, 0.4) is 0 Å². The Balaban J connectivity index is 1.49. The van der Waals surface area contributed by atoms with Gasteiger partial charge in [0.15, 0.2) is 0 Å². The number of hydrogen-bond acceptors (Lipinski definition) is 5. The third-order valence-corrected chi connectivity index (χ3v) is 8.04. The molecule has 3 aromatic carbocycles. The molecule has 0 unspecified atom stereocenters. The number of anilines is 1. The summed E-state index contributed by atoms with van der Waals surface area (Å²) in [5, 5.41) is 6.16. The Morgan fingerprint density at radius 2 is 1.51 bits per heavy atom. The lowest BCUT2D eigenvalue weighted by Gasteiger charge is -2.26. The maximum atomic E-state index is 13.3. The second-order valence-corrected chi connectivity index (χ2v) is 10.4. The summed E-state index contributed by atoms with van der Waals surface area (Å²) in [6, 6.07) is 24.1. The van der Waals surface area contributed by atoms with Crippen molar-refractivity contribution in [3.8, 4) is 5.75 Å². The Morgan fingerprint density at radius 1 is 0.914 bits per heavy atom. The molecule has 0 saturated carbocycles. The summed E-state index contributed by atoms with van der Waals surface area (Å²) in [6.07, 6.45) is 2.74. The van der Waals surface area contributed by atoms with E-state index in [1.54, 1.807) is 18.2 Å². The Labute approximate surface area is 207 Å². The molecule has 35 heavy (non-hydrogen) atoms. The molecule has 184 valence electrons. The zero-order valence-corrected chi connectivity index (χ0v) is 20.6. The fourth-order valence-electron chi connectivity index (χ4n) is 4.28. The minimum absolute atomic E-state index is 0.00824. The molecule has 0 spiro atoms. The Morgan fingerprint density at radius 3 is 2.09 bits per heavy atom. The first-order valence-electron chi connectivity index (χ1n) is 11.8. The monoisotopic (exact) mass is 493 g/mol. The molecule has 1 aliphatic heterocycles. The Kier molecular flexibility index (Phi) is 8.05. The van der Waals surface area contributed by atoms with Crippen LogP contribution < -0.4 is 15.4 Å². The van der Waals surface area contributed by atoms with E-state index in [1.807, 2.05) is 60.7 Å². The minimum Gasteiger partial charge on any atom is -0.495 e. The number of methoxy groups -OCH3 is 1. The van der Waals surface area contributed by atoms with Crippen molar-refractivity contribution < 1.29 is 17.9 Å². The molecule has 0 bridgehead atoms. The van der Waals surface area contributed by atoms with Crippen molar-refractivity contribution in [1.29, 1.82) is 0 Å². The van der Waals surface area contributed by atoms with E-state index in [0.29, 0.717) is 24.5 Å². The van der Waals surface area contributed by atoms with E-state index in [-0.39, 0.29) is 23.4 Å². The zero-order valence-electron chi connectivity index (χ0n) is 19.8. The van der Waals surface area contributed by atoms with Crippen molar-refractivity contribution in [2.24, 2.45) is 0 Å². The number of ether oxygens (including phenoxy) is 1. The number of carbonyl (C=O) groups excluding carboxylic acids is 1. The highest BCUT2D eigenvalue weighted by atomic mass is 32.2. The lowest BCUT2D eigenvalue weighted by Crippen LogP contribution is -2.36. The molecule has 1 saturated heterocycles. The quantitative estimate of drug-likeness (QED) is 0.467. The average molecular weight is 494 g/mol. The minimum atomic E-state index is -3.69. The number of amides is 1. The number of sulfonamides is 1. The topological polar surface area (TPSA) is 87.7 Å². The predicted molar refractivity (Wildman–Crippen MR) is 137 cm³/mol. The maximum Gasteiger partial charge on any atom is 0.246 e. The fraction of sp³-hybridized carbons (Fsp3) is 0.296. The summed E-state index contributed by atoms with van der Waals surface area (Å²) >= 11 is 0. The number of piperidine rings is 1. The number of nitrogens with zero attached hydrogens (tertiary/aromatic N) is 1.